The Balaban J connectivity index is 1.35. The molecule has 0 saturated carbocycles. The summed E-state index contributed by atoms with van der Waals surface area (Å²) >= 11 is 0. The van der Waals surface area contributed by atoms with Crippen LogP contribution in [0.4, 0.5) is 5.95 Å². The Morgan fingerprint density at radius 1 is 1.00 bits per heavy atom. The molecule has 1 saturated heterocycles. The molecule has 0 N–H and O–H groups in total. The Hall–Kier alpha value is -2.73. The van der Waals surface area contributed by atoms with Gasteiger partial charge in [-0.15, -0.1) is 0 Å². The molecule has 4 rings (SSSR count). The van der Waals surface area contributed by atoms with Gasteiger partial charge in [0.1, 0.15) is 6.26 Å². The molecule has 0 atom stereocenters. The summed E-state index contributed by atoms with van der Waals surface area (Å²) in [7, 11) is 0. The highest BCUT2D eigenvalue weighted by atomic mass is 16.3. The standard InChI is InChI=1S/C19H21N5O/c1-15-3-5-16(6-4-15)18-22-17(14-25-18)13-23-9-11-24(12-10-23)19-20-7-2-8-21-19/h2-8,14H,9-13H2,1H3. The summed E-state index contributed by atoms with van der Waals surface area (Å²) in [4.78, 5) is 17.9. The van der Waals surface area contributed by atoms with Crippen molar-refractivity contribution in [3.63, 3.8) is 0 Å². The van der Waals surface area contributed by atoms with Gasteiger partial charge in [0.15, 0.2) is 0 Å². The van der Waals surface area contributed by atoms with Crippen molar-refractivity contribution in [2.75, 3.05) is 31.1 Å². The molecule has 6 heteroatoms. The summed E-state index contributed by atoms with van der Waals surface area (Å²) < 4.78 is 5.65. The van der Waals surface area contributed by atoms with Crippen LogP contribution in [0.1, 0.15) is 11.3 Å². The minimum atomic E-state index is 0.686. The van der Waals surface area contributed by atoms with Gasteiger partial charge in [0.05, 0.1) is 5.69 Å². The van der Waals surface area contributed by atoms with Gasteiger partial charge in [0, 0.05) is 50.7 Å². The van der Waals surface area contributed by atoms with E-state index in [1.807, 2.05) is 18.2 Å². The van der Waals surface area contributed by atoms with Crippen LogP contribution in [0.2, 0.25) is 0 Å². The lowest BCUT2D eigenvalue weighted by molar-refractivity contribution is 0.246. The molecule has 2 aromatic heterocycles. The van der Waals surface area contributed by atoms with Gasteiger partial charge >= 0.3 is 0 Å². The van der Waals surface area contributed by atoms with Crippen LogP contribution in [0.3, 0.4) is 0 Å². The van der Waals surface area contributed by atoms with Gasteiger partial charge in [0.25, 0.3) is 0 Å². The second kappa shape index (κ2) is 7.03. The summed E-state index contributed by atoms with van der Waals surface area (Å²) in [5, 5.41) is 0. The lowest BCUT2D eigenvalue weighted by atomic mass is 10.1. The molecule has 0 unspecified atom stereocenters. The maximum atomic E-state index is 5.65. The van der Waals surface area contributed by atoms with Gasteiger partial charge < -0.3 is 9.32 Å². The summed E-state index contributed by atoms with van der Waals surface area (Å²) in [6.45, 7) is 6.65. The highest BCUT2D eigenvalue weighted by Crippen LogP contribution is 2.20. The molecule has 1 aliphatic heterocycles. The summed E-state index contributed by atoms with van der Waals surface area (Å²) in [6, 6.07) is 10.1. The van der Waals surface area contributed by atoms with Crippen molar-refractivity contribution in [3.8, 4) is 11.5 Å². The van der Waals surface area contributed by atoms with E-state index in [1.165, 1.54) is 5.56 Å². The van der Waals surface area contributed by atoms with Gasteiger partial charge in [-0.05, 0) is 25.1 Å². The predicted molar refractivity (Wildman–Crippen MR) is 96.2 cm³/mol. The van der Waals surface area contributed by atoms with E-state index < -0.39 is 0 Å². The van der Waals surface area contributed by atoms with Crippen LogP contribution < -0.4 is 4.90 Å². The number of hydrogen-bond donors (Lipinski definition) is 0. The zero-order valence-corrected chi connectivity index (χ0v) is 14.3. The minimum absolute atomic E-state index is 0.686. The fraction of sp³-hybridized carbons (Fsp3) is 0.316. The number of anilines is 1. The molecule has 0 radical (unpaired) electrons. The van der Waals surface area contributed by atoms with Gasteiger partial charge in [-0.3, -0.25) is 4.90 Å². The van der Waals surface area contributed by atoms with E-state index in [0.717, 1.165) is 49.9 Å². The van der Waals surface area contributed by atoms with Crippen LogP contribution in [0, 0.1) is 6.92 Å². The van der Waals surface area contributed by atoms with E-state index in [2.05, 4.69) is 43.8 Å². The Labute approximate surface area is 147 Å². The van der Waals surface area contributed by atoms with Crippen molar-refractivity contribution >= 4 is 5.95 Å². The second-order valence-corrected chi connectivity index (χ2v) is 6.32. The molecule has 3 aromatic rings. The van der Waals surface area contributed by atoms with Crippen LogP contribution in [-0.4, -0.2) is 46.0 Å². The molecule has 25 heavy (non-hydrogen) atoms. The third kappa shape index (κ3) is 3.69. The average Bonchev–Trinajstić information content (AvgIpc) is 3.12. The summed E-state index contributed by atoms with van der Waals surface area (Å²) in [6.07, 6.45) is 5.34. The van der Waals surface area contributed by atoms with E-state index >= 15 is 0 Å². The molecule has 1 fully saturated rings. The zero-order valence-electron chi connectivity index (χ0n) is 14.3. The van der Waals surface area contributed by atoms with Crippen LogP contribution in [0.15, 0.2) is 53.4 Å². The lowest BCUT2D eigenvalue weighted by Crippen LogP contribution is -2.46. The Morgan fingerprint density at radius 2 is 1.72 bits per heavy atom. The number of oxazole rings is 1. The highest BCUT2D eigenvalue weighted by Gasteiger charge is 2.20. The molecule has 128 valence electrons. The van der Waals surface area contributed by atoms with E-state index in [-0.39, 0.29) is 0 Å². The number of aromatic nitrogens is 3. The predicted octanol–water partition coefficient (Wildman–Crippen LogP) is 2.76. The van der Waals surface area contributed by atoms with E-state index in [0.29, 0.717) is 5.89 Å². The molecule has 1 aromatic carbocycles. The van der Waals surface area contributed by atoms with Gasteiger partial charge in [-0.1, -0.05) is 17.7 Å². The lowest BCUT2D eigenvalue weighted by Gasteiger charge is -2.34. The van der Waals surface area contributed by atoms with Crippen LogP contribution in [-0.2, 0) is 6.54 Å². The molecule has 0 aliphatic carbocycles. The van der Waals surface area contributed by atoms with Gasteiger partial charge in [-0.25, -0.2) is 15.0 Å². The maximum Gasteiger partial charge on any atom is 0.226 e. The number of aryl methyl sites for hydroxylation is 1. The number of benzene rings is 1. The highest BCUT2D eigenvalue weighted by molar-refractivity contribution is 5.53. The number of rotatable bonds is 4. The second-order valence-electron chi connectivity index (χ2n) is 6.32. The van der Waals surface area contributed by atoms with Gasteiger partial charge in [0.2, 0.25) is 11.8 Å². The van der Waals surface area contributed by atoms with Gasteiger partial charge in [-0.2, -0.15) is 0 Å². The fourth-order valence-corrected chi connectivity index (χ4v) is 3.00. The Kier molecular flexibility index (Phi) is 4.43. The van der Waals surface area contributed by atoms with Crippen molar-refractivity contribution in [2.45, 2.75) is 13.5 Å². The summed E-state index contributed by atoms with van der Waals surface area (Å²) in [5.41, 5.74) is 3.22. The molecular formula is C19H21N5O. The van der Waals surface area contributed by atoms with Crippen molar-refractivity contribution in [3.05, 3.63) is 60.2 Å². The molecule has 1 aliphatic rings. The third-order valence-electron chi connectivity index (χ3n) is 4.44. The fourth-order valence-electron chi connectivity index (χ4n) is 3.00. The normalized spacial score (nSPS) is 15.5. The van der Waals surface area contributed by atoms with Crippen molar-refractivity contribution in [2.24, 2.45) is 0 Å². The van der Waals surface area contributed by atoms with Crippen molar-refractivity contribution in [1.82, 2.24) is 19.9 Å². The first-order valence-electron chi connectivity index (χ1n) is 8.54. The van der Waals surface area contributed by atoms with Crippen LogP contribution in [0.25, 0.3) is 11.5 Å². The van der Waals surface area contributed by atoms with Crippen molar-refractivity contribution in [1.29, 1.82) is 0 Å². The summed E-state index contributed by atoms with van der Waals surface area (Å²) in [5.74, 6) is 1.50. The molecule has 0 bridgehead atoms. The number of piperazine rings is 1. The first-order valence-corrected chi connectivity index (χ1v) is 8.54. The SMILES string of the molecule is Cc1ccc(-c2nc(CN3CCN(c4ncccn4)CC3)co2)cc1. The van der Waals surface area contributed by atoms with Crippen LogP contribution >= 0.6 is 0 Å². The smallest absolute Gasteiger partial charge is 0.226 e. The molecule has 6 nitrogen and oxygen atoms in total. The molecule has 0 spiro atoms. The van der Waals surface area contributed by atoms with E-state index in [4.69, 9.17) is 4.42 Å². The zero-order chi connectivity index (χ0) is 17.1. The number of nitrogens with zero attached hydrogens (tertiary/aromatic N) is 5. The monoisotopic (exact) mass is 335 g/mol. The maximum absolute atomic E-state index is 5.65. The number of hydrogen-bond acceptors (Lipinski definition) is 6. The van der Waals surface area contributed by atoms with Crippen molar-refractivity contribution < 1.29 is 4.42 Å². The largest absolute Gasteiger partial charge is 0.444 e. The van der Waals surface area contributed by atoms with E-state index in [9.17, 15) is 0 Å². The quantitative estimate of drug-likeness (QED) is 0.731. The molecule has 0 amide bonds. The third-order valence-corrected chi connectivity index (χ3v) is 4.44. The molecule has 3 heterocycles. The van der Waals surface area contributed by atoms with E-state index in [1.54, 1.807) is 18.7 Å². The topological polar surface area (TPSA) is 58.3 Å². The van der Waals surface area contributed by atoms with Crippen LogP contribution in [0.5, 0.6) is 0 Å². The molecular weight excluding hydrogens is 314 g/mol. The Morgan fingerprint density at radius 3 is 2.44 bits per heavy atom. The minimum Gasteiger partial charge on any atom is -0.444 e. The first kappa shape index (κ1) is 15.8. The Bertz CT molecular complexity index is 807. The first-order chi connectivity index (χ1) is 12.3. The average molecular weight is 335 g/mol.